The van der Waals surface area contributed by atoms with Crippen molar-refractivity contribution in [2.45, 2.75) is 31.8 Å². The maximum Gasteiger partial charge on any atom is 0.319 e. The zero-order valence-corrected chi connectivity index (χ0v) is 16.8. The minimum atomic E-state index is -0.491. The normalized spacial score (nSPS) is 12.3. The Bertz CT molecular complexity index is 1040. The number of nitrogens with one attached hydrogen (secondary N) is 2. The molecule has 27 heavy (non-hydrogen) atoms. The van der Waals surface area contributed by atoms with Crippen LogP contribution in [-0.4, -0.2) is 38.6 Å². The van der Waals surface area contributed by atoms with Crippen LogP contribution in [0.4, 0.5) is 0 Å². The van der Waals surface area contributed by atoms with Crippen molar-refractivity contribution in [3.05, 3.63) is 50.6 Å². The SMILES string of the molecule is Cc1sc2nc(CS[C@@H](C)C(=O)OCC(=O)c3ccc[nH]3)[nH]c(=O)c2c1C. The van der Waals surface area contributed by atoms with Crippen molar-refractivity contribution < 1.29 is 14.3 Å². The van der Waals surface area contributed by atoms with E-state index in [0.29, 0.717) is 27.5 Å². The average molecular weight is 406 g/mol. The van der Waals surface area contributed by atoms with Crippen LogP contribution in [-0.2, 0) is 15.3 Å². The molecule has 0 saturated heterocycles. The molecular formula is C18H19N3O4S2. The smallest absolute Gasteiger partial charge is 0.319 e. The van der Waals surface area contributed by atoms with Crippen LogP contribution in [0.2, 0.25) is 0 Å². The Hall–Kier alpha value is -2.39. The predicted molar refractivity (Wildman–Crippen MR) is 107 cm³/mol. The molecule has 3 aromatic heterocycles. The molecule has 0 spiro atoms. The van der Waals surface area contributed by atoms with Crippen LogP contribution in [0, 0.1) is 13.8 Å². The molecule has 7 nitrogen and oxygen atoms in total. The van der Waals surface area contributed by atoms with Gasteiger partial charge in [0.2, 0.25) is 5.78 Å². The first-order valence-corrected chi connectivity index (χ1v) is 10.2. The molecule has 3 aromatic rings. The van der Waals surface area contributed by atoms with Gasteiger partial charge >= 0.3 is 5.97 Å². The van der Waals surface area contributed by atoms with E-state index < -0.39 is 11.2 Å². The maximum atomic E-state index is 12.3. The largest absolute Gasteiger partial charge is 0.456 e. The number of hydrogen-bond donors (Lipinski definition) is 2. The van der Waals surface area contributed by atoms with Crippen LogP contribution in [0.15, 0.2) is 23.1 Å². The molecule has 0 radical (unpaired) electrons. The maximum absolute atomic E-state index is 12.3. The van der Waals surface area contributed by atoms with Gasteiger partial charge in [0.1, 0.15) is 15.9 Å². The van der Waals surface area contributed by atoms with Crippen molar-refractivity contribution in [1.29, 1.82) is 0 Å². The molecule has 1 atom stereocenters. The lowest BCUT2D eigenvalue weighted by atomic mass is 10.2. The van der Waals surface area contributed by atoms with Gasteiger partial charge in [-0.25, -0.2) is 4.98 Å². The second-order valence-electron chi connectivity index (χ2n) is 6.04. The summed E-state index contributed by atoms with van der Waals surface area (Å²) in [5.74, 6) is 0.111. The van der Waals surface area contributed by atoms with Gasteiger partial charge in [0.05, 0.1) is 16.8 Å². The van der Waals surface area contributed by atoms with Gasteiger partial charge in [-0.3, -0.25) is 14.4 Å². The fraction of sp³-hybridized carbons (Fsp3) is 0.333. The van der Waals surface area contributed by atoms with Crippen LogP contribution >= 0.6 is 23.1 Å². The third-order valence-corrected chi connectivity index (χ3v) is 6.37. The number of thiophene rings is 1. The molecule has 0 amide bonds. The first-order chi connectivity index (χ1) is 12.9. The molecule has 0 aliphatic heterocycles. The van der Waals surface area contributed by atoms with E-state index in [9.17, 15) is 14.4 Å². The lowest BCUT2D eigenvalue weighted by Gasteiger charge is -2.10. The number of Topliss-reactive ketones (excluding diaryl/α,β-unsaturated/α-hetero) is 1. The fourth-order valence-corrected chi connectivity index (χ4v) is 4.27. The topological polar surface area (TPSA) is 105 Å². The standard InChI is InChI=1S/C18H19N3O4S2/c1-9-10(2)27-17-15(9)16(23)20-14(21-17)8-26-11(3)18(24)25-7-13(22)12-5-4-6-19-12/h4-6,11,19H,7-8H2,1-3H3,(H,20,21,23)/t11-/m0/s1. The van der Waals surface area contributed by atoms with Crippen LogP contribution in [0.5, 0.6) is 0 Å². The number of thioether (sulfide) groups is 1. The minimum Gasteiger partial charge on any atom is -0.456 e. The molecule has 0 unspecified atom stereocenters. The summed E-state index contributed by atoms with van der Waals surface area (Å²) < 4.78 is 5.07. The number of ketones is 1. The molecule has 0 fully saturated rings. The third kappa shape index (κ3) is 4.30. The number of ether oxygens (including phenoxy) is 1. The highest BCUT2D eigenvalue weighted by molar-refractivity contribution is 7.99. The van der Waals surface area contributed by atoms with Gasteiger partial charge in [-0.1, -0.05) is 0 Å². The number of nitrogens with zero attached hydrogens (tertiary/aromatic N) is 1. The highest BCUT2D eigenvalue weighted by atomic mass is 32.2. The van der Waals surface area contributed by atoms with Gasteiger partial charge in [0, 0.05) is 11.1 Å². The summed E-state index contributed by atoms with van der Waals surface area (Å²) >= 11 is 2.78. The van der Waals surface area contributed by atoms with E-state index in [1.54, 1.807) is 25.3 Å². The van der Waals surface area contributed by atoms with Crippen molar-refractivity contribution in [3.8, 4) is 0 Å². The van der Waals surface area contributed by atoms with Crippen molar-refractivity contribution in [1.82, 2.24) is 15.0 Å². The Morgan fingerprint density at radius 2 is 2.15 bits per heavy atom. The highest BCUT2D eigenvalue weighted by Gasteiger charge is 2.19. The molecule has 9 heteroatoms. The summed E-state index contributed by atoms with van der Waals surface area (Å²) in [4.78, 5) is 48.0. The van der Waals surface area contributed by atoms with E-state index in [1.165, 1.54) is 23.1 Å². The molecule has 2 N–H and O–H groups in total. The highest BCUT2D eigenvalue weighted by Crippen LogP contribution is 2.26. The summed E-state index contributed by atoms with van der Waals surface area (Å²) in [5.41, 5.74) is 1.19. The molecule has 3 rings (SSSR count). The number of aryl methyl sites for hydroxylation is 2. The van der Waals surface area contributed by atoms with Crippen LogP contribution < -0.4 is 5.56 Å². The first-order valence-electron chi connectivity index (χ1n) is 8.30. The minimum absolute atomic E-state index is 0.163. The summed E-state index contributed by atoms with van der Waals surface area (Å²) in [5, 5.41) is 0.135. The number of aromatic amines is 2. The number of esters is 1. The molecule has 0 bridgehead atoms. The van der Waals surface area contributed by atoms with Gasteiger partial charge in [-0.05, 0) is 38.5 Å². The van der Waals surface area contributed by atoms with E-state index in [4.69, 9.17) is 4.74 Å². The number of carbonyl (C=O) groups excluding carboxylic acids is 2. The number of carbonyl (C=O) groups is 2. The molecule has 3 heterocycles. The number of rotatable bonds is 7. The second-order valence-corrected chi connectivity index (χ2v) is 8.58. The quantitative estimate of drug-likeness (QED) is 0.462. The summed E-state index contributed by atoms with van der Waals surface area (Å²) in [7, 11) is 0. The molecule has 0 aliphatic carbocycles. The molecular weight excluding hydrogens is 386 g/mol. The molecule has 142 valence electrons. The van der Waals surface area contributed by atoms with Crippen LogP contribution in [0.1, 0.15) is 33.7 Å². The number of fused-ring (bicyclic) bond motifs is 1. The van der Waals surface area contributed by atoms with Crippen molar-refractivity contribution in [3.63, 3.8) is 0 Å². The van der Waals surface area contributed by atoms with Crippen molar-refractivity contribution >= 4 is 45.1 Å². The summed E-state index contributed by atoms with van der Waals surface area (Å²) in [6.45, 7) is 5.26. The lowest BCUT2D eigenvalue weighted by Crippen LogP contribution is -2.22. The summed E-state index contributed by atoms with van der Waals surface area (Å²) in [6.07, 6.45) is 1.63. The first kappa shape index (κ1) is 19.4. The average Bonchev–Trinajstić information content (AvgIpc) is 3.26. The monoisotopic (exact) mass is 405 g/mol. The number of H-pyrrole nitrogens is 2. The Kier molecular flexibility index (Phi) is 5.81. The van der Waals surface area contributed by atoms with Gasteiger partial charge < -0.3 is 14.7 Å². The van der Waals surface area contributed by atoms with E-state index in [-0.39, 0.29) is 17.9 Å². The van der Waals surface area contributed by atoms with Crippen LogP contribution in [0.3, 0.4) is 0 Å². The molecule has 0 saturated carbocycles. The predicted octanol–water partition coefficient (Wildman–Crippen LogP) is 2.98. The summed E-state index contributed by atoms with van der Waals surface area (Å²) in [6, 6.07) is 3.33. The van der Waals surface area contributed by atoms with Gasteiger partial charge in [0.25, 0.3) is 5.56 Å². The van der Waals surface area contributed by atoms with E-state index in [1.807, 2.05) is 13.8 Å². The number of hydrogen-bond acceptors (Lipinski definition) is 7. The van der Waals surface area contributed by atoms with Gasteiger partial charge in [-0.2, -0.15) is 0 Å². The Labute approximate surface area is 163 Å². The zero-order chi connectivity index (χ0) is 19.6. The van der Waals surface area contributed by atoms with Gasteiger partial charge in [0.15, 0.2) is 6.61 Å². The zero-order valence-electron chi connectivity index (χ0n) is 15.1. The van der Waals surface area contributed by atoms with E-state index >= 15 is 0 Å². The van der Waals surface area contributed by atoms with E-state index in [2.05, 4.69) is 15.0 Å². The van der Waals surface area contributed by atoms with E-state index in [0.717, 1.165) is 10.4 Å². The van der Waals surface area contributed by atoms with Gasteiger partial charge in [-0.15, -0.1) is 23.1 Å². The van der Waals surface area contributed by atoms with Crippen LogP contribution in [0.25, 0.3) is 10.2 Å². The number of aromatic nitrogens is 3. The Morgan fingerprint density at radius 3 is 2.85 bits per heavy atom. The molecule has 0 aliphatic rings. The van der Waals surface area contributed by atoms with Crippen molar-refractivity contribution in [2.24, 2.45) is 0 Å². The molecule has 0 aromatic carbocycles. The second kappa shape index (κ2) is 8.10. The lowest BCUT2D eigenvalue weighted by molar-refractivity contribution is -0.141. The van der Waals surface area contributed by atoms with Crippen molar-refractivity contribution in [2.75, 3.05) is 6.61 Å². The Balaban J connectivity index is 1.57. The third-order valence-electron chi connectivity index (χ3n) is 4.13. The fourth-order valence-electron chi connectivity index (χ4n) is 2.48. The Morgan fingerprint density at radius 1 is 1.37 bits per heavy atom.